The summed E-state index contributed by atoms with van der Waals surface area (Å²) in [6.45, 7) is 2.68. The van der Waals surface area contributed by atoms with E-state index < -0.39 is 11.9 Å². The fourth-order valence-electron chi connectivity index (χ4n) is 2.26. The van der Waals surface area contributed by atoms with Crippen LogP contribution in [0.25, 0.3) is 0 Å². The van der Waals surface area contributed by atoms with E-state index >= 15 is 0 Å². The number of piperidine rings is 1. The Bertz CT molecular complexity index is 490. The van der Waals surface area contributed by atoms with Gasteiger partial charge in [0.15, 0.2) is 0 Å². The first kappa shape index (κ1) is 14.6. The predicted octanol–water partition coefficient (Wildman–Crippen LogP) is 2.52. The zero-order valence-electron chi connectivity index (χ0n) is 11.1. The van der Waals surface area contributed by atoms with E-state index in [2.05, 4.69) is 10.3 Å². The van der Waals surface area contributed by atoms with Gasteiger partial charge >= 0.3 is 6.18 Å². The van der Waals surface area contributed by atoms with Crippen molar-refractivity contribution >= 4 is 11.7 Å². The molecule has 110 valence electrons. The second kappa shape index (κ2) is 5.68. The van der Waals surface area contributed by atoms with Crippen LogP contribution < -0.4 is 5.32 Å². The van der Waals surface area contributed by atoms with Gasteiger partial charge in [0.05, 0.1) is 0 Å². The molecule has 0 spiro atoms. The van der Waals surface area contributed by atoms with Crippen molar-refractivity contribution in [1.29, 1.82) is 0 Å². The molecule has 0 unspecified atom stereocenters. The molecule has 20 heavy (non-hydrogen) atoms. The van der Waals surface area contributed by atoms with Crippen LogP contribution in [0.3, 0.4) is 0 Å². The summed E-state index contributed by atoms with van der Waals surface area (Å²) in [5.41, 5.74) is -0.915. The van der Waals surface area contributed by atoms with Crippen LogP contribution in [0.15, 0.2) is 18.2 Å². The summed E-state index contributed by atoms with van der Waals surface area (Å²) in [5, 5.41) is 2.97. The van der Waals surface area contributed by atoms with E-state index in [9.17, 15) is 18.0 Å². The molecular formula is C13H16F3N3O. The molecule has 0 saturated carbocycles. The smallest absolute Gasteiger partial charge is 0.366 e. The van der Waals surface area contributed by atoms with Crippen molar-refractivity contribution in [3.05, 3.63) is 23.9 Å². The number of anilines is 1. The summed E-state index contributed by atoms with van der Waals surface area (Å²) >= 11 is 0. The molecule has 1 amide bonds. The van der Waals surface area contributed by atoms with Gasteiger partial charge in [0.2, 0.25) is 5.91 Å². The van der Waals surface area contributed by atoms with Gasteiger partial charge in [0.25, 0.3) is 0 Å². The third-order valence-electron chi connectivity index (χ3n) is 3.26. The van der Waals surface area contributed by atoms with Crippen LogP contribution in [0.4, 0.5) is 19.0 Å². The van der Waals surface area contributed by atoms with E-state index in [-0.39, 0.29) is 17.8 Å². The van der Waals surface area contributed by atoms with E-state index in [0.717, 1.165) is 18.9 Å². The highest BCUT2D eigenvalue weighted by molar-refractivity contribution is 5.73. The van der Waals surface area contributed by atoms with Crippen molar-refractivity contribution in [3.63, 3.8) is 0 Å². The Kier molecular flexibility index (Phi) is 4.15. The molecule has 4 nitrogen and oxygen atoms in total. The van der Waals surface area contributed by atoms with Gasteiger partial charge in [0.1, 0.15) is 11.5 Å². The molecule has 2 rings (SSSR count). The number of nitrogens with one attached hydrogen (secondary N) is 1. The summed E-state index contributed by atoms with van der Waals surface area (Å²) in [4.78, 5) is 16.6. The van der Waals surface area contributed by atoms with Crippen LogP contribution in [-0.2, 0) is 11.0 Å². The van der Waals surface area contributed by atoms with Crippen LogP contribution >= 0.6 is 0 Å². The molecule has 1 N–H and O–H groups in total. The topological polar surface area (TPSA) is 45.2 Å². The first-order valence-electron chi connectivity index (χ1n) is 6.42. The van der Waals surface area contributed by atoms with E-state index in [1.807, 2.05) is 0 Å². The highest BCUT2D eigenvalue weighted by Gasteiger charge is 2.32. The zero-order valence-corrected chi connectivity index (χ0v) is 11.1. The minimum absolute atomic E-state index is 0.0199. The Morgan fingerprint density at radius 3 is 2.85 bits per heavy atom. The number of likely N-dealkylation sites (tertiary alicyclic amines) is 1. The third kappa shape index (κ3) is 3.61. The maximum atomic E-state index is 12.6. The van der Waals surface area contributed by atoms with Crippen molar-refractivity contribution in [2.24, 2.45) is 0 Å². The first-order chi connectivity index (χ1) is 9.36. The second-order valence-electron chi connectivity index (χ2n) is 4.85. The molecule has 1 aromatic heterocycles. The van der Waals surface area contributed by atoms with Crippen molar-refractivity contribution in [2.75, 3.05) is 18.4 Å². The highest BCUT2D eigenvalue weighted by Crippen LogP contribution is 2.28. The van der Waals surface area contributed by atoms with Gasteiger partial charge in [0, 0.05) is 26.1 Å². The monoisotopic (exact) mass is 287 g/mol. The van der Waals surface area contributed by atoms with Crippen LogP contribution in [-0.4, -0.2) is 34.9 Å². The summed E-state index contributed by atoms with van der Waals surface area (Å²) in [7, 11) is 0. The predicted molar refractivity (Wildman–Crippen MR) is 68.1 cm³/mol. The Balaban J connectivity index is 2.04. The van der Waals surface area contributed by atoms with Gasteiger partial charge in [-0.25, -0.2) is 4.98 Å². The molecular weight excluding hydrogens is 271 g/mol. The Morgan fingerprint density at radius 2 is 2.20 bits per heavy atom. The summed E-state index contributed by atoms with van der Waals surface area (Å²) in [5.74, 6) is 0.170. The zero-order chi connectivity index (χ0) is 14.8. The van der Waals surface area contributed by atoms with Crippen LogP contribution in [0.1, 0.15) is 25.5 Å². The summed E-state index contributed by atoms with van der Waals surface area (Å²) in [6.07, 6.45) is -2.81. The molecule has 1 atom stereocenters. The summed E-state index contributed by atoms with van der Waals surface area (Å²) in [6, 6.07) is 3.70. The first-order valence-corrected chi connectivity index (χ1v) is 6.42. The van der Waals surface area contributed by atoms with Crippen LogP contribution in [0.5, 0.6) is 0 Å². The molecule has 0 aliphatic carbocycles. The van der Waals surface area contributed by atoms with Crippen molar-refractivity contribution in [1.82, 2.24) is 9.88 Å². The lowest BCUT2D eigenvalue weighted by Crippen LogP contribution is -2.44. The Morgan fingerprint density at radius 1 is 1.45 bits per heavy atom. The van der Waals surface area contributed by atoms with E-state index in [1.54, 1.807) is 4.90 Å². The molecule has 7 heteroatoms. The Labute approximate surface area is 115 Å². The standard InChI is InChI=1S/C13H16F3N3O/c1-9(20)19-7-3-4-10(8-19)17-12-6-2-5-11(18-12)13(14,15)16/h2,5-6,10H,3-4,7-8H2,1H3,(H,17,18)/t10-/m1/s1. The van der Waals surface area contributed by atoms with Gasteiger partial charge in [-0.15, -0.1) is 0 Å². The number of nitrogens with zero attached hydrogens (tertiary/aromatic N) is 2. The number of hydrogen-bond donors (Lipinski definition) is 1. The second-order valence-corrected chi connectivity index (χ2v) is 4.85. The van der Waals surface area contributed by atoms with Gasteiger partial charge < -0.3 is 10.2 Å². The lowest BCUT2D eigenvalue weighted by atomic mass is 10.1. The fourth-order valence-corrected chi connectivity index (χ4v) is 2.26. The molecule has 1 aromatic rings. The molecule has 1 aliphatic rings. The Hall–Kier alpha value is -1.79. The van der Waals surface area contributed by atoms with Gasteiger partial charge in [-0.2, -0.15) is 13.2 Å². The molecule has 1 saturated heterocycles. The summed E-state index contributed by atoms with van der Waals surface area (Å²) < 4.78 is 37.7. The van der Waals surface area contributed by atoms with Crippen molar-refractivity contribution in [2.45, 2.75) is 32.0 Å². The average molecular weight is 287 g/mol. The average Bonchev–Trinajstić information content (AvgIpc) is 2.38. The van der Waals surface area contributed by atoms with E-state index in [0.29, 0.717) is 13.1 Å². The lowest BCUT2D eigenvalue weighted by Gasteiger charge is -2.32. The van der Waals surface area contributed by atoms with Crippen LogP contribution in [0.2, 0.25) is 0 Å². The maximum absolute atomic E-state index is 12.6. The molecule has 0 aromatic carbocycles. The molecule has 2 heterocycles. The largest absolute Gasteiger partial charge is 0.433 e. The SMILES string of the molecule is CC(=O)N1CCC[C@@H](Nc2cccc(C(F)(F)F)n2)C1. The molecule has 0 bridgehead atoms. The van der Waals surface area contributed by atoms with Crippen molar-refractivity contribution < 1.29 is 18.0 Å². The van der Waals surface area contributed by atoms with Gasteiger partial charge in [-0.3, -0.25) is 4.79 Å². The van der Waals surface area contributed by atoms with Crippen molar-refractivity contribution in [3.8, 4) is 0 Å². The number of carbonyl (C=O) groups is 1. The normalized spacial score (nSPS) is 19.8. The van der Waals surface area contributed by atoms with E-state index in [1.165, 1.54) is 19.1 Å². The third-order valence-corrected chi connectivity index (χ3v) is 3.26. The lowest BCUT2D eigenvalue weighted by molar-refractivity contribution is -0.141. The number of carbonyl (C=O) groups excluding carboxylic acids is 1. The number of hydrogen-bond acceptors (Lipinski definition) is 3. The number of aromatic nitrogens is 1. The van der Waals surface area contributed by atoms with Gasteiger partial charge in [-0.05, 0) is 25.0 Å². The van der Waals surface area contributed by atoms with E-state index in [4.69, 9.17) is 0 Å². The minimum Gasteiger partial charge on any atom is -0.366 e. The molecule has 0 radical (unpaired) electrons. The number of amides is 1. The number of rotatable bonds is 2. The molecule has 1 fully saturated rings. The number of pyridine rings is 1. The number of alkyl halides is 3. The number of halogens is 3. The quantitative estimate of drug-likeness (QED) is 0.909. The van der Waals surface area contributed by atoms with Crippen LogP contribution in [0, 0.1) is 0 Å². The highest BCUT2D eigenvalue weighted by atomic mass is 19.4. The maximum Gasteiger partial charge on any atom is 0.433 e. The molecule has 1 aliphatic heterocycles. The van der Waals surface area contributed by atoms with Gasteiger partial charge in [-0.1, -0.05) is 6.07 Å². The minimum atomic E-state index is -4.45. The fraction of sp³-hybridized carbons (Fsp3) is 0.538.